The van der Waals surface area contributed by atoms with Gasteiger partial charge in [0.25, 0.3) is 0 Å². The third-order valence-electron chi connectivity index (χ3n) is 5.78. The number of amides is 1. The van der Waals surface area contributed by atoms with Gasteiger partial charge >= 0.3 is 0 Å². The number of hydrogen-bond donors (Lipinski definition) is 1. The molecule has 5 nitrogen and oxygen atoms in total. The number of aryl methyl sites for hydroxylation is 1. The van der Waals surface area contributed by atoms with Crippen molar-refractivity contribution in [1.82, 2.24) is 9.62 Å². The van der Waals surface area contributed by atoms with E-state index in [0.717, 1.165) is 12.0 Å². The molecule has 168 valence electrons. The Morgan fingerprint density at radius 3 is 2.35 bits per heavy atom. The van der Waals surface area contributed by atoms with Crippen LogP contribution in [0.25, 0.3) is 0 Å². The molecule has 31 heavy (non-hydrogen) atoms. The Kier molecular flexibility index (Phi) is 8.03. The number of carbonyl (C=O) groups excluding carboxylic acids is 1. The minimum atomic E-state index is -3.52. The minimum absolute atomic E-state index is 0.00906. The summed E-state index contributed by atoms with van der Waals surface area (Å²) in [4.78, 5) is 12.8. The van der Waals surface area contributed by atoms with Crippen molar-refractivity contribution in [3.05, 3.63) is 69.2 Å². The molecule has 0 aromatic heterocycles. The molecule has 0 aliphatic carbocycles. The van der Waals surface area contributed by atoms with Gasteiger partial charge in [-0.15, -0.1) is 0 Å². The first kappa shape index (κ1) is 24.1. The summed E-state index contributed by atoms with van der Waals surface area (Å²) in [6.07, 6.45) is 1.80. The SMILES string of the molecule is CC[C@H](NC(=O)C1CCN(S(=O)(=O)Cc2ccc(Cl)cc2Cl)CC1)c1ccc(C)cc1. The van der Waals surface area contributed by atoms with Crippen LogP contribution in [0, 0.1) is 12.8 Å². The van der Waals surface area contributed by atoms with E-state index in [4.69, 9.17) is 23.2 Å². The van der Waals surface area contributed by atoms with E-state index >= 15 is 0 Å². The summed E-state index contributed by atoms with van der Waals surface area (Å²) >= 11 is 12.0. The zero-order chi connectivity index (χ0) is 22.6. The van der Waals surface area contributed by atoms with Gasteiger partial charge in [-0.05, 0) is 49.4 Å². The van der Waals surface area contributed by atoms with E-state index in [1.54, 1.807) is 18.2 Å². The van der Waals surface area contributed by atoms with E-state index in [-0.39, 0.29) is 23.6 Å². The molecule has 1 aliphatic heterocycles. The van der Waals surface area contributed by atoms with Gasteiger partial charge in [-0.1, -0.05) is 66.0 Å². The van der Waals surface area contributed by atoms with E-state index in [9.17, 15) is 13.2 Å². The van der Waals surface area contributed by atoms with Crippen molar-refractivity contribution in [3.63, 3.8) is 0 Å². The maximum absolute atomic E-state index is 12.8. The normalized spacial score (nSPS) is 16.8. The highest BCUT2D eigenvalue weighted by Crippen LogP contribution is 2.27. The van der Waals surface area contributed by atoms with E-state index in [1.165, 1.54) is 9.87 Å². The molecule has 0 unspecified atom stereocenters. The van der Waals surface area contributed by atoms with Gasteiger partial charge in [-0.25, -0.2) is 12.7 Å². The molecule has 1 aliphatic rings. The Morgan fingerprint density at radius 2 is 1.77 bits per heavy atom. The lowest BCUT2D eigenvalue weighted by atomic mass is 9.95. The van der Waals surface area contributed by atoms with Gasteiger partial charge in [0, 0.05) is 29.1 Å². The third-order valence-corrected chi connectivity index (χ3v) is 8.19. The number of piperidine rings is 1. The second-order valence-corrected chi connectivity index (χ2v) is 10.9. The van der Waals surface area contributed by atoms with Crippen LogP contribution in [0.2, 0.25) is 10.0 Å². The highest BCUT2D eigenvalue weighted by Gasteiger charge is 2.32. The maximum atomic E-state index is 12.8. The highest BCUT2D eigenvalue weighted by atomic mass is 35.5. The van der Waals surface area contributed by atoms with Crippen molar-refractivity contribution in [1.29, 1.82) is 0 Å². The number of nitrogens with zero attached hydrogens (tertiary/aromatic N) is 1. The molecule has 0 bridgehead atoms. The first-order valence-corrected chi connectivity index (χ1v) is 12.8. The van der Waals surface area contributed by atoms with Crippen LogP contribution < -0.4 is 5.32 Å². The summed E-state index contributed by atoms with van der Waals surface area (Å²) in [7, 11) is -3.52. The Labute approximate surface area is 194 Å². The van der Waals surface area contributed by atoms with Gasteiger partial charge in [-0.3, -0.25) is 4.79 Å². The molecule has 1 fully saturated rings. The smallest absolute Gasteiger partial charge is 0.223 e. The van der Waals surface area contributed by atoms with Gasteiger partial charge in [-0.2, -0.15) is 0 Å². The fourth-order valence-electron chi connectivity index (χ4n) is 3.83. The van der Waals surface area contributed by atoms with Crippen molar-refractivity contribution in [3.8, 4) is 0 Å². The first-order chi connectivity index (χ1) is 14.7. The van der Waals surface area contributed by atoms with Crippen LogP contribution in [-0.4, -0.2) is 31.7 Å². The summed E-state index contributed by atoms with van der Waals surface area (Å²) in [6.45, 7) is 4.73. The number of benzene rings is 2. The van der Waals surface area contributed by atoms with Gasteiger partial charge in [0.15, 0.2) is 0 Å². The summed E-state index contributed by atoms with van der Waals surface area (Å²) in [5.74, 6) is -0.374. The first-order valence-electron chi connectivity index (χ1n) is 10.5. The molecular weight excluding hydrogens is 455 g/mol. The molecular formula is C23H28Cl2N2O3S. The lowest BCUT2D eigenvalue weighted by molar-refractivity contribution is -0.126. The van der Waals surface area contributed by atoms with Crippen molar-refractivity contribution in [2.75, 3.05) is 13.1 Å². The van der Waals surface area contributed by atoms with Crippen LogP contribution >= 0.6 is 23.2 Å². The van der Waals surface area contributed by atoms with Gasteiger partial charge < -0.3 is 5.32 Å². The highest BCUT2D eigenvalue weighted by molar-refractivity contribution is 7.88. The van der Waals surface area contributed by atoms with Crippen LogP contribution in [-0.2, 0) is 20.6 Å². The molecule has 1 heterocycles. The number of nitrogens with one attached hydrogen (secondary N) is 1. The van der Waals surface area contributed by atoms with E-state index in [0.29, 0.717) is 41.5 Å². The topological polar surface area (TPSA) is 66.5 Å². The Morgan fingerprint density at radius 1 is 1.13 bits per heavy atom. The third kappa shape index (κ3) is 6.22. The number of rotatable bonds is 7. The molecule has 0 radical (unpaired) electrons. The van der Waals surface area contributed by atoms with E-state index in [1.807, 2.05) is 38.1 Å². The van der Waals surface area contributed by atoms with Gasteiger partial charge in [0.05, 0.1) is 11.8 Å². The average molecular weight is 483 g/mol. The van der Waals surface area contributed by atoms with Crippen molar-refractivity contribution >= 4 is 39.1 Å². The molecule has 1 atom stereocenters. The summed E-state index contributed by atoms with van der Waals surface area (Å²) < 4.78 is 27.1. The molecule has 2 aromatic carbocycles. The molecule has 0 saturated carbocycles. The monoisotopic (exact) mass is 482 g/mol. The quantitative estimate of drug-likeness (QED) is 0.595. The molecule has 0 spiro atoms. The molecule has 1 N–H and O–H groups in total. The summed E-state index contributed by atoms with van der Waals surface area (Å²) in [6, 6.07) is 12.9. The fraction of sp³-hybridized carbons (Fsp3) is 0.435. The standard InChI is InChI=1S/C23H28Cl2N2O3S/c1-3-22(17-6-4-16(2)5-7-17)26-23(28)18-10-12-27(13-11-18)31(29,30)15-19-8-9-20(24)14-21(19)25/h4-9,14,18,22H,3,10-13,15H2,1-2H3,(H,26,28)/t22-/m0/s1. The van der Waals surface area contributed by atoms with Gasteiger partial charge in [0.2, 0.25) is 15.9 Å². The van der Waals surface area contributed by atoms with Crippen molar-refractivity contribution in [2.45, 2.75) is 44.9 Å². The predicted octanol–water partition coefficient (Wildman–Crippen LogP) is 5.11. The van der Waals surface area contributed by atoms with E-state index < -0.39 is 10.0 Å². The Balaban J connectivity index is 1.57. The van der Waals surface area contributed by atoms with Crippen LogP contribution in [0.15, 0.2) is 42.5 Å². The van der Waals surface area contributed by atoms with Crippen LogP contribution in [0.1, 0.15) is 48.9 Å². The number of carbonyl (C=O) groups is 1. The molecule has 2 aromatic rings. The second kappa shape index (κ2) is 10.3. The molecule has 3 rings (SSSR count). The Bertz CT molecular complexity index is 1020. The summed E-state index contributed by atoms with van der Waals surface area (Å²) in [5, 5.41) is 3.95. The Hall–Kier alpha value is -1.60. The average Bonchev–Trinajstić information content (AvgIpc) is 2.74. The predicted molar refractivity (Wildman–Crippen MR) is 126 cm³/mol. The minimum Gasteiger partial charge on any atom is -0.349 e. The number of hydrogen-bond acceptors (Lipinski definition) is 3. The zero-order valence-corrected chi connectivity index (χ0v) is 20.1. The molecule has 1 saturated heterocycles. The zero-order valence-electron chi connectivity index (χ0n) is 17.8. The van der Waals surface area contributed by atoms with Crippen molar-refractivity contribution in [2.24, 2.45) is 5.92 Å². The molecule has 1 amide bonds. The van der Waals surface area contributed by atoms with Crippen molar-refractivity contribution < 1.29 is 13.2 Å². The van der Waals surface area contributed by atoms with Gasteiger partial charge in [0.1, 0.15) is 0 Å². The fourth-order valence-corrected chi connectivity index (χ4v) is 5.98. The largest absolute Gasteiger partial charge is 0.349 e. The second-order valence-electron chi connectivity index (χ2n) is 8.05. The van der Waals surface area contributed by atoms with Crippen LogP contribution in [0.5, 0.6) is 0 Å². The lowest BCUT2D eigenvalue weighted by Gasteiger charge is -2.31. The van der Waals surface area contributed by atoms with Crippen LogP contribution in [0.4, 0.5) is 0 Å². The van der Waals surface area contributed by atoms with E-state index in [2.05, 4.69) is 5.32 Å². The maximum Gasteiger partial charge on any atom is 0.223 e. The van der Waals surface area contributed by atoms with Crippen LogP contribution in [0.3, 0.4) is 0 Å². The lowest BCUT2D eigenvalue weighted by Crippen LogP contribution is -2.44. The molecule has 8 heteroatoms. The number of sulfonamides is 1. The summed E-state index contributed by atoms with van der Waals surface area (Å²) in [5.41, 5.74) is 2.79. The number of halogens is 2.